The van der Waals surface area contributed by atoms with E-state index in [0.717, 1.165) is 38.5 Å². The molecule has 0 aromatic carbocycles. The van der Waals surface area contributed by atoms with E-state index in [1.54, 1.807) is 0 Å². The molecule has 10 nitrogen and oxygen atoms in total. The molecule has 0 aliphatic rings. The van der Waals surface area contributed by atoms with Crippen molar-refractivity contribution < 1.29 is 19.3 Å². The molecular weight excluding hydrogens is 340 g/mol. The summed E-state index contributed by atoms with van der Waals surface area (Å²) in [7, 11) is 0. The van der Waals surface area contributed by atoms with Crippen molar-refractivity contribution in [3.63, 3.8) is 0 Å². The zero-order valence-corrected chi connectivity index (χ0v) is 16.1. The Labute approximate surface area is 155 Å². The number of unbranched alkanes of at least 4 members (excludes halogenated alkanes) is 3. The summed E-state index contributed by atoms with van der Waals surface area (Å²) in [5, 5.41) is 10.0. The molecule has 0 saturated heterocycles. The summed E-state index contributed by atoms with van der Waals surface area (Å²) in [6, 6.07) is 0. The molecule has 0 aliphatic heterocycles. The van der Waals surface area contributed by atoms with Crippen LogP contribution in [-0.4, -0.2) is 46.0 Å². The van der Waals surface area contributed by atoms with E-state index < -0.39 is 6.16 Å². The smallest absolute Gasteiger partial charge is 0.368 e. The van der Waals surface area contributed by atoms with E-state index in [-0.39, 0.29) is 17.8 Å². The average Bonchev–Trinajstić information content (AvgIpc) is 2.55. The molecular formula is C16H34N6O4. The zero-order chi connectivity index (χ0) is 19.8. The van der Waals surface area contributed by atoms with Gasteiger partial charge in [0.2, 0.25) is 17.8 Å². The summed E-state index contributed by atoms with van der Waals surface area (Å²) < 4.78 is 15.8. The Kier molecular flexibility index (Phi) is 13.5. The Bertz CT molecular complexity index is 401. The maximum Gasteiger partial charge on any atom is 0.410 e. The van der Waals surface area contributed by atoms with E-state index >= 15 is 0 Å². The molecule has 1 aromatic heterocycles. The summed E-state index contributed by atoms with van der Waals surface area (Å²) in [4.78, 5) is 10.5. The van der Waals surface area contributed by atoms with Crippen molar-refractivity contribution in [2.75, 3.05) is 37.0 Å². The summed E-state index contributed by atoms with van der Waals surface area (Å²) in [6.45, 7) is 7.55. The molecule has 0 fully saturated rings. The van der Waals surface area contributed by atoms with Crippen LogP contribution in [0.3, 0.4) is 0 Å². The lowest BCUT2D eigenvalue weighted by molar-refractivity contribution is -0.485. The highest BCUT2D eigenvalue weighted by molar-refractivity contribution is 5.33. The average molecular weight is 374 g/mol. The van der Waals surface area contributed by atoms with Gasteiger partial charge in [-0.25, -0.2) is 0 Å². The number of hydrogen-bond donors (Lipinski definition) is 4. The number of nitrogens with zero attached hydrogens (tertiary/aromatic N) is 3. The lowest BCUT2D eigenvalue weighted by Gasteiger charge is -2.27. The van der Waals surface area contributed by atoms with Crippen molar-refractivity contribution in [3.8, 4) is 0 Å². The van der Waals surface area contributed by atoms with Gasteiger partial charge in [0.15, 0.2) is 0 Å². The standard InChI is InChI=1S/C13H28O4.C3H6N6/c1-4-7-10-15-13(14,16-11-8-5-2)17-12-9-6-3;4-1-7-2(5)9-3(6)8-1/h14H,4-12H2,1-3H3;(H6,4,5,6,7,8,9). The normalized spacial score (nSPS) is 11.1. The Morgan fingerprint density at radius 2 is 0.962 bits per heavy atom. The van der Waals surface area contributed by atoms with Crippen LogP contribution in [0, 0.1) is 0 Å². The second kappa shape index (κ2) is 14.4. The molecule has 7 N–H and O–H groups in total. The molecule has 0 aliphatic carbocycles. The number of aromatic nitrogens is 3. The van der Waals surface area contributed by atoms with Gasteiger partial charge in [0.25, 0.3) is 0 Å². The SMILES string of the molecule is CCCCOC(O)(OCCCC)OCCCC.Nc1nc(N)nc(N)n1. The van der Waals surface area contributed by atoms with Gasteiger partial charge < -0.3 is 36.5 Å². The van der Waals surface area contributed by atoms with Gasteiger partial charge in [-0.1, -0.05) is 40.0 Å². The second-order valence-electron chi connectivity index (χ2n) is 5.54. The van der Waals surface area contributed by atoms with Crippen molar-refractivity contribution in [1.29, 1.82) is 0 Å². The third kappa shape index (κ3) is 12.6. The highest BCUT2D eigenvalue weighted by Crippen LogP contribution is 2.14. The number of ether oxygens (including phenoxy) is 3. The highest BCUT2D eigenvalue weighted by atomic mass is 17.0. The fourth-order valence-electron chi connectivity index (χ4n) is 1.59. The monoisotopic (exact) mass is 374 g/mol. The fourth-order valence-corrected chi connectivity index (χ4v) is 1.59. The molecule has 1 rings (SSSR count). The van der Waals surface area contributed by atoms with Gasteiger partial charge in [0.05, 0.1) is 19.8 Å². The molecule has 0 radical (unpaired) electrons. The number of nitrogens with two attached hydrogens (primary N) is 3. The second-order valence-corrected chi connectivity index (χ2v) is 5.54. The largest absolute Gasteiger partial charge is 0.410 e. The highest BCUT2D eigenvalue weighted by Gasteiger charge is 2.30. The molecule has 0 amide bonds. The first-order chi connectivity index (χ1) is 12.4. The van der Waals surface area contributed by atoms with E-state index in [1.807, 2.05) is 0 Å². The van der Waals surface area contributed by atoms with E-state index in [9.17, 15) is 5.11 Å². The lowest BCUT2D eigenvalue weighted by atomic mass is 10.3. The fraction of sp³-hybridized carbons (Fsp3) is 0.812. The first-order valence-electron chi connectivity index (χ1n) is 9.03. The van der Waals surface area contributed by atoms with Crippen molar-refractivity contribution in [1.82, 2.24) is 15.0 Å². The molecule has 0 spiro atoms. The summed E-state index contributed by atoms with van der Waals surface area (Å²) in [5.74, 6) is 0.125. The Hall–Kier alpha value is -1.75. The van der Waals surface area contributed by atoms with Gasteiger partial charge in [0.1, 0.15) is 0 Å². The first kappa shape index (κ1) is 24.2. The van der Waals surface area contributed by atoms with Gasteiger partial charge in [0, 0.05) is 0 Å². The number of aliphatic hydroxyl groups is 1. The third-order valence-corrected chi connectivity index (χ3v) is 3.03. The molecule has 0 unspecified atom stereocenters. The molecule has 0 atom stereocenters. The van der Waals surface area contributed by atoms with E-state index in [2.05, 4.69) is 35.7 Å². The number of nitrogen functional groups attached to an aromatic ring is 3. The van der Waals surface area contributed by atoms with Crippen LogP contribution < -0.4 is 17.2 Å². The number of hydrogen-bond acceptors (Lipinski definition) is 10. The van der Waals surface area contributed by atoms with Crippen molar-refractivity contribution in [3.05, 3.63) is 0 Å². The minimum absolute atomic E-state index is 0.0417. The molecule has 26 heavy (non-hydrogen) atoms. The quantitative estimate of drug-likeness (QED) is 0.312. The Balaban J connectivity index is 0.000000577. The predicted molar refractivity (Wildman–Crippen MR) is 101 cm³/mol. The molecule has 0 saturated carbocycles. The Morgan fingerprint density at radius 3 is 1.19 bits per heavy atom. The van der Waals surface area contributed by atoms with Crippen LogP contribution >= 0.6 is 0 Å². The van der Waals surface area contributed by atoms with Gasteiger partial charge in [-0.15, -0.1) is 0 Å². The van der Waals surface area contributed by atoms with Crippen LogP contribution in [0.5, 0.6) is 0 Å². The summed E-state index contributed by atoms with van der Waals surface area (Å²) in [6.07, 6.45) is 3.85. The lowest BCUT2D eigenvalue weighted by Crippen LogP contribution is -2.40. The van der Waals surface area contributed by atoms with Crippen LogP contribution in [0.25, 0.3) is 0 Å². The molecule has 10 heteroatoms. The minimum atomic E-state index is -1.85. The molecule has 0 bridgehead atoms. The van der Waals surface area contributed by atoms with Crippen molar-refractivity contribution >= 4 is 17.8 Å². The zero-order valence-electron chi connectivity index (χ0n) is 16.1. The van der Waals surface area contributed by atoms with Crippen LogP contribution in [0.1, 0.15) is 59.3 Å². The van der Waals surface area contributed by atoms with E-state index in [4.69, 9.17) is 31.4 Å². The third-order valence-electron chi connectivity index (χ3n) is 3.03. The summed E-state index contributed by atoms with van der Waals surface area (Å²) in [5.41, 5.74) is 15.4. The minimum Gasteiger partial charge on any atom is -0.368 e. The van der Waals surface area contributed by atoms with E-state index in [1.165, 1.54) is 0 Å². The maximum atomic E-state index is 10.0. The van der Waals surface area contributed by atoms with Crippen LogP contribution in [-0.2, 0) is 14.2 Å². The van der Waals surface area contributed by atoms with E-state index in [0.29, 0.717) is 19.8 Å². The maximum absolute atomic E-state index is 10.0. The van der Waals surface area contributed by atoms with Crippen LogP contribution in [0.4, 0.5) is 17.8 Å². The van der Waals surface area contributed by atoms with Gasteiger partial charge >= 0.3 is 6.16 Å². The predicted octanol–water partition coefficient (Wildman–Crippen LogP) is 1.66. The van der Waals surface area contributed by atoms with Crippen LogP contribution in [0.2, 0.25) is 0 Å². The van der Waals surface area contributed by atoms with Crippen LogP contribution in [0.15, 0.2) is 0 Å². The topological polar surface area (TPSA) is 165 Å². The van der Waals surface area contributed by atoms with Crippen molar-refractivity contribution in [2.24, 2.45) is 0 Å². The summed E-state index contributed by atoms with van der Waals surface area (Å²) >= 11 is 0. The molecule has 1 heterocycles. The van der Waals surface area contributed by atoms with Gasteiger partial charge in [-0.05, 0) is 19.3 Å². The van der Waals surface area contributed by atoms with Gasteiger partial charge in [-0.3, -0.25) is 0 Å². The van der Waals surface area contributed by atoms with Gasteiger partial charge in [-0.2, -0.15) is 15.0 Å². The number of rotatable bonds is 12. The molecule has 152 valence electrons. The van der Waals surface area contributed by atoms with Crippen molar-refractivity contribution in [2.45, 2.75) is 65.5 Å². The first-order valence-corrected chi connectivity index (χ1v) is 9.03. The number of anilines is 3. The molecule has 1 aromatic rings. The Morgan fingerprint density at radius 1 is 0.692 bits per heavy atom.